The predicted molar refractivity (Wildman–Crippen MR) is 117 cm³/mol. The molecule has 0 atom stereocenters. The fourth-order valence-corrected chi connectivity index (χ4v) is 6.97. The Morgan fingerprint density at radius 2 is 1.57 bits per heavy atom. The lowest BCUT2D eigenvalue weighted by Crippen LogP contribution is -2.71. The van der Waals surface area contributed by atoms with E-state index in [2.05, 4.69) is 20.5 Å². The Morgan fingerprint density at radius 3 is 2.11 bits per heavy atom. The van der Waals surface area contributed by atoms with Gasteiger partial charge in [-0.05, 0) is 51.4 Å². The summed E-state index contributed by atoms with van der Waals surface area (Å²) in [5.74, 6) is 2.43. The Hall–Kier alpha value is -2.33. The van der Waals surface area contributed by atoms with E-state index in [1.54, 1.807) is 0 Å². The quantitative estimate of drug-likeness (QED) is 0.660. The molecule has 2 N–H and O–H groups in total. The summed E-state index contributed by atoms with van der Waals surface area (Å²) in [7, 11) is 0. The highest BCUT2D eigenvalue weighted by molar-refractivity contribution is 5.81. The van der Waals surface area contributed by atoms with Crippen molar-refractivity contribution in [2.24, 2.45) is 22.2 Å². The number of hydrogen-bond acceptors (Lipinski definition) is 4. The van der Waals surface area contributed by atoms with Gasteiger partial charge in [0.2, 0.25) is 5.91 Å². The first-order valence-electron chi connectivity index (χ1n) is 12.9. The van der Waals surface area contributed by atoms with Crippen molar-refractivity contribution in [2.75, 3.05) is 32.7 Å². The lowest BCUT2D eigenvalue weighted by molar-refractivity contribution is -0.186. The summed E-state index contributed by atoms with van der Waals surface area (Å²) in [6, 6.07) is 0.0763. The number of nitrogens with zero attached hydrogens (tertiary/aromatic N) is 4. The van der Waals surface area contributed by atoms with Gasteiger partial charge in [0.15, 0.2) is 5.82 Å². The van der Waals surface area contributed by atoms with Crippen molar-refractivity contribution in [3.05, 3.63) is 11.6 Å². The van der Waals surface area contributed by atoms with E-state index < -0.39 is 11.6 Å². The molecule has 4 aliphatic carbocycles. The maximum Gasteiger partial charge on any atom is 0.396 e. The molecule has 2 spiro atoms. The molecule has 2 saturated heterocycles. The van der Waals surface area contributed by atoms with Gasteiger partial charge in [0.05, 0.1) is 5.41 Å². The average molecular weight is 493 g/mol. The number of aromatic nitrogens is 3. The minimum Gasteiger partial charge on any atom is -0.355 e. The number of amides is 3. The number of urea groups is 1. The third-order valence-corrected chi connectivity index (χ3v) is 9.64. The second-order valence-electron chi connectivity index (χ2n) is 12.6. The van der Waals surface area contributed by atoms with Crippen LogP contribution in [0.1, 0.15) is 74.9 Å². The van der Waals surface area contributed by atoms with Gasteiger partial charge in [0.1, 0.15) is 5.82 Å². The lowest BCUT2D eigenvalue weighted by atomic mass is 9.56. The number of likely N-dealkylation sites (tertiary alicyclic amines) is 2. The van der Waals surface area contributed by atoms with Crippen LogP contribution in [-0.4, -0.2) is 75.8 Å². The van der Waals surface area contributed by atoms with Crippen LogP contribution in [0.2, 0.25) is 0 Å². The maximum atomic E-state index is 13.0. The maximum absolute atomic E-state index is 13.0. The fraction of sp³-hybridized carbons (Fsp3) is 0.833. The summed E-state index contributed by atoms with van der Waals surface area (Å²) in [4.78, 5) is 33.7. The number of aromatic amines is 1. The van der Waals surface area contributed by atoms with Crippen LogP contribution in [0.15, 0.2) is 0 Å². The number of halogens is 3. The van der Waals surface area contributed by atoms with Crippen molar-refractivity contribution in [3.8, 4) is 0 Å². The fourth-order valence-electron chi connectivity index (χ4n) is 6.97. The summed E-state index contributed by atoms with van der Waals surface area (Å²) in [5.41, 5.74) is -1.50. The predicted octanol–water partition coefficient (Wildman–Crippen LogP) is 3.15. The minimum absolute atomic E-state index is 0.0199. The Morgan fingerprint density at radius 1 is 0.971 bits per heavy atom. The number of hydrogen-bond donors (Lipinski definition) is 2. The van der Waals surface area contributed by atoms with E-state index in [4.69, 9.17) is 0 Å². The van der Waals surface area contributed by atoms with Gasteiger partial charge in [-0.25, -0.2) is 9.78 Å². The molecule has 6 aliphatic rings. The highest BCUT2D eigenvalue weighted by Crippen LogP contribution is 2.58. The number of H-pyrrole nitrogens is 1. The van der Waals surface area contributed by atoms with Crippen LogP contribution >= 0.6 is 0 Å². The minimum atomic E-state index is -4.25. The van der Waals surface area contributed by atoms with Crippen LogP contribution in [0.3, 0.4) is 0 Å². The summed E-state index contributed by atoms with van der Waals surface area (Å²) in [6.45, 7) is 2.57. The van der Waals surface area contributed by atoms with E-state index in [1.165, 1.54) is 12.8 Å². The van der Waals surface area contributed by atoms with E-state index in [1.807, 2.05) is 9.80 Å². The Balaban J connectivity index is 0.825. The van der Waals surface area contributed by atoms with Crippen molar-refractivity contribution in [2.45, 2.75) is 69.4 Å². The molecule has 2 aliphatic heterocycles. The largest absolute Gasteiger partial charge is 0.396 e. The lowest BCUT2D eigenvalue weighted by Gasteiger charge is -2.63. The molecule has 35 heavy (non-hydrogen) atoms. The van der Waals surface area contributed by atoms with E-state index in [9.17, 15) is 22.8 Å². The van der Waals surface area contributed by atoms with E-state index in [0.29, 0.717) is 37.8 Å². The summed E-state index contributed by atoms with van der Waals surface area (Å²) >= 11 is 0. The third-order valence-electron chi connectivity index (χ3n) is 9.64. The smallest absolute Gasteiger partial charge is 0.355 e. The van der Waals surface area contributed by atoms with Crippen LogP contribution in [0.5, 0.6) is 0 Å². The topological polar surface area (TPSA) is 94.2 Å². The highest BCUT2D eigenvalue weighted by atomic mass is 19.4. The molecule has 11 heteroatoms. The first-order valence-corrected chi connectivity index (χ1v) is 12.9. The van der Waals surface area contributed by atoms with E-state index in [0.717, 1.165) is 37.6 Å². The number of rotatable bonds is 5. The summed E-state index contributed by atoms with van der Waals surface area (Å²) in [6.07, 6.45) is 1.75. The molecule has 0 unspecified atom stereocenters. The van der Waals surface area contributed by atoms with Crippen molar-refractivity contribution < 1.29 is 22.8 Å². The highest BCUT2D eigenvalue weighted by Gasteiger charge is 2.64. The first-order chi connectivity index (χ1) is 16.6. The molecule has 0 radical (unpaired) electrons. The summed E-state index contributed by atoms with van der Waals surface area (Å²) < 4.78 is 39.1. The standard InChI is InChI=1S/C24H31F3N6O2/c25-24(26,27)23(3-4-23)9-28-19(34)16-7-22(8-16)12-33(13-22)20(35)32-10-21(11-32)5-15(6-21)18-29-17(30-31-18)14-1-2-14/h14-16H,1-13H2,(H,28,34)(H,29,30,31). The normalized spacial score (nSPS) is 28.2. The van der Waals surface area contributed by atoms with Gasteiger partial charge in [-0.15, -0.1) is 0 Å². The number of nitrogens with one attached hydrogen (secondary N) is 2. The molecule has 4 saturated carbocycles. The second-order valence-corrected chi connectivity index (χ2v) is 12.6. The number of carbonyl (C=O) groups is 2. The average Bonchev–Trinajstić information content (AvgIpc) is 3.60. The zero-order valence-electron chi connectivity index (χ0n) is 19.7. The van der Waals surface area contributed by atoms with Gasteiger partial charge in [0.25, 0.3) is 0 Å². The molecule has 1 aromatic rings. The van der Waals surface area contributed by atoms with Crippen LogP contribution in [0.4, 0.5) is 18.0 Å². The van der Waals surface area contributed by atoms with Crippen LogP contribution in [-0.2, 0) is 4.79 Å². The zero-order chi connectivity index (χ0) is 24.2. The summed E-state index contributed by atoms with van der Waals surface area (Å²) in [5, 5.41) is 10.0. The van der Waals surface area contributed by atoms with Crippen LogP contribution in [0, 0.1) is 22.2 Å². The second kappa shape index (κ2) is 6.91. The van der Waals surface area contributed by atoms with Gasteiger partial charge in [-0.1, -0.05) is 0 Å². The van der Waals surface area contributed by atoms with Gasteiger partial charge in [0, 0.05) is 61.3 Å². The van der Waals surface area contributed by atoms with Crippen LogP contribution in [0.25, 0.3) is 0 Å². The van der Waals surface area contributed by atoms with Crippen molar-refractivity contribution >= 4 is 11.9 Å². The molecule has 7 rings (SSSR count). The van der Waals surface area contributed by atoms with Crippen molar-refractivity contribution in [1.29, 1.82) is 0 Å². The SMILES string of the molecule is O=C(NCC1(C(F)(F)F)CC1)C1CC2(C1)CN(C(=O)N1CC3(CC(c4n[nH]c(C5CC5)n4)C3)C1)C2. The van der Waals surface area contributed by atoms with Gasteiger partial charge >= 0.3 is 12.2 Å². The van der Waals surface area contributed by atoms with E-state index >= 15 is 0 Å². The zero-order valence-corrected chi connectivity index (χ0v) is 19.7. The van der Waals surface area contributed by atoms with Gasteiger partial charge in [-0.3, -0.25) is 9.89 Å². The van der Waals surface area contributed by atoms with Crippen molar-refractivity contribution in [1.82, 2.24) is 30.3 Å². The Kier molecular flexibility index (Phi) is 4.32. The molecule has 0 aromatic carbocycles. The number of carbonyl (C=O) groups excluding carboxylic acids is 2. The number of alkyl halides is 3. The van der Waals surface area contributed by atoms with Gasteiger partial charge < -0.3 is 15.1 Å². The van der Waals surface area contributed by atoms with Gasteiger partial charge in [-0.2, -0.15) is 18.3 Å². The van der Waals surface area contributed by atoms with Crippen LogP contribution < -0.4 is 5.32 Å². The first kappa shape index (κ1) is 21.9. The molecule has 1 aromatic heterocycles. The molecule has 190 valence electrons. The molecule has 0 bridgehead atoms. The Bertz CT molecular complexity index is 1050. The molecular weight excluding hydrogens is 461 g/mol. The van der Waals surface area contributed by atoms with Crippen molar-refractivity contribution in [3.63, 3.8) is 0 Å². The molecular formula is C24H31F3N6O2. The molecule has 3 heterocycles. The molecule has 8 nitrogen and oxygen atoms in total. The molecule has 3 amide bonds. The Labute approximate surface area is 201 Å². The molecule has 6 fully saturated rings. The third kappa shape index (κ3) is 3.47. The van der Waals surface area contributed by atoms with E-state index in [-0.39, 0.29) is 48.1 Å². The monoisotopic (exact) mass is 492 g/mol.